The molecule has 0 amide bonds. The highest BCUT2D eigenvalue weighted by Crippen LogP contribution is 2.29. The highest BCUT2D eigenvalue weighted by Gasteiger charge is 2.07. The summed E-state index contributed by atoms with van der Waals surface area (Å²) in [6.45, 7) is 0. The maximum Gasteiger partial charge on any atom is 0.337 e. The van der Waals surface area contributed by atoms with Crippen LogP contribution in [0.1, 0.15) is 15.9 Å². The van der Waals surface area contributed by atoms with Crippen molar-refractivity contribution in [2.75, 3.05) is 7.11 Å². The lowest BCUT2D eigenvalue weighted by atomic mass is 10.2. The second kappa shape index (κ2) is 7.16. The Morgan fingerprint density at radius 2 is 2.10 bits per heavy atom. The Labute approximate surface area is 135 Å². The quantitative estimate of drug-likeness (QED) is 0.547. The molecular formula is C15H12BrClO2S. The van der Waals surface area contributed by atoms with Crippen LogP contribution < -0.4 is 0 Å². The third-order valence-electron chi connectivity index (χ3n) is 2.66. The Morgan fingerprint density at radius 3 is 2.80 bits per heavy atom. The molecule has 5 heteroatoms. The predicted molar refractivity (Wildman–Crippen MR) is 86.5 cm³/mol. The van der Waals surface area contributed by atoms with Gasteiger partial charge in [-0.15, -0.1) is 11.8 Å². The first kappa shape index (κ1) is 15.4. The molecule has 0 aliphatic rings. The molecule has 2 aromatic rings. The maximum atomic E-state index is 11.5. The molecule has 0 aliphatic heterocycles. The Morgan fingerprint density at radius 1 is 1.30 bits per heavy atom. The van der Waals surface area contributed by atoms with Crippen molar-refractivity contribution in [1.29, 1.82) is 0 Å². The lowest BCUT2D eigenvalue weighted by molar-refractivity contribution is 0.0600. The molecule has 2 aromatic carbocycles. The number of thioether (sulfide) groups is 1. The summed E-state index contributed by atoms with van der Waals surface area (Å²) in [5.74, 6) is 0.475. The molecule has 0 radical (unpaired) electrons. The van der Waals surface area contributed by atoms with Crippen LogP contribution in [0, 0.1) is 0 Å². The van der Waals surface area contributed by atoms with Gasteiger partial charge in [0, 0.05) is 20.1 Å². The Hall–Kier alpha value is -0.970. The molecular weight excluding hydrogens is 360 g/mol. The second-order valence-electron chi connectivity index (χ2n) is 4.04. The molecule has 0 spiro atoms. The number of halogens is 2. The van der Waals surface area contributed by atoms with Crippen molar-refractivity contribution >= 4 is 45.3 Å². The lowest BCUT2D eigenvalue weighted by Gasteiger charge is -2.06. The summed E-state index contributed by atoms with van der Waals surface area (Å²) in [7, 11) is 1.38. The molecule has 0 N–H and O–H groups in total. The van der Waals surface area contributed by atoms with Gasteiger partial charge >= 0.3 is 5.97 Å². The number of rotatable bonds is 4. The van der Waals surface area contributed by atoms with E-state index in [0.29, 0.717) is 10.6 Å². The van der Waals surface area contributed by atoms with Crippen molar-refractivity contribution < 1.29 is 9.53 Å². The number of ether oxygens (including phenoxy) is 1. The van der Waals surface area contributed by atoms with Crippen LogP contribution in [0.4, 0.5) is 0 Å². The lowest BCUT2D eigenvalue weighted by Crippen LogP contribution is -2.00. The molecule has 0 heterocycles. The fourth-order valence-electron chi connectivity index (χ4n) is 1.63. The van der Waals surface area contributed by atoms with E-state index in [0.717, 1.165) is 20.7 Å². The molecule has 0 aliphatic carbocycles. The van der Waals surface area contributed by atoms with Gasteiger partial charge in [0.25, 0.3) is 0 Å². The Kier molecular flexibility index (Phi) is 5.52. The van der Waals surface area contributed by atoms with Crippen LogP contribution >= 0.6 is 39.3 Å². The minimum Gasteiger partial charge on any atom is -0.465 e. The maximum absolute atomic E-state index is 11.5. The Balaban J connectivity index is 2.09. The van der Waals surface area contributed by atoms with Gasteiger partial charge in [-0.1, -0.05) is 39.7 Å². The number of benzene rings is 2. The molecule has 0 aromatic heterocycles. The van der Waals surface area contributed by atoms with Crippen molar-refractivity contribution in [2.45, 2.75) is 10.6 Å². The van der Waals surface area contributed by atoms with Gasteiger partial charge in [0.2, 0.25) is 0 Å². The van der Waals surface area contributed by atoms with E-state index in [-0.39, 0.29) is 5.97 Å². The molecule has 0 atom stereocenters. The van der Waals surface area contributed by atoms with E-state index in [2.05, 4.69) is 15.9 Å². The molecule has 2 rings (SSSR count). The minimum absolute atomic E-state index is 0.319. The topological polar surface area (TPSA) is 26.3 Å². The van der Waals surface area contributed by atoms with Gasteiger partial charge in [-0.25, -0.2) is 4.79 Å². The van der Waals surface area contributed by atoms with Gasteiger partial charge in [0.05, 0.1) is 12.7 Å². The summed E-state index contributed by atoms with van der Waals surface area (Å²) in [5, 5.41) is 0.707. The standard InChI is InChI=1S/C15H12BrClO2S/c1-19-15(18)10-3-2-4-13(7-10)20-9-11-5-6-12(17)8-14(11)16/h2-8H,9H2,1H3. The van der Waals surface area contributed by atoms with Crippen LogP contribution in [0.15, 0.2) is 51.8 Å². The normalized spacial score (nSPS) is 10.3. The van der Waals surface area contributed by atoms with Crippen molar-refractivity contribution in [3.8, 4) is 0 Å². The zero-order valence-electron chi connectivity index (χ0n) is 10.7. The highest BCUT2D eigenvalue weighted by atomic mass is 79.9. The average molecular weight is 372 g/mol. The Bertz CT molecular complexity index is 631. The average Bonchev–Trinajstić information content (AvgIpc) is 2.46. The molecule has 0 saturated heterocycles. The number of methoxy groups -OCH3 is 1. The summed E-state index contributed by atoms with van der Waals surface area (Å²) in [5.41, 5.74) is 1.72. The zero-order chi connectivity index (χ0) is 14.5. The summed E-state index contributed by atoms with van der Waals surface area (Å²) in [4.78, 5) is 12.5. The van der Waals surface area contributed by atoms with Gasteiger partial charge < -0.3 is 4.74 Å². The van der Waals surface area contributed by atoms with Crippen molar-refractivity contribution in [3.63, 3.8) is 0 Å². The van der Waals surface area contributed by atoms with Gasteiger partial charge in [0.15, 0.2) is 0 Å². The van der Waals surface area contributed by atoms with E-state index in [1.54, 1.807) is 17.8 Å². The fraction of sp³-hybridized carbons (Fsp3) is 0.133. The highest BCUT2D eigenvalue weighted by molar-refractivity contribution is 9.10. The minimum atomic E-state index is -0.319. The number of hydrogen-bond donors (Lipinski definition) is 0. The summed E-state index contributed by atoms with van der Waals surface area (Å²) in [6, 6.07) is 13.1. The smallest absolute Gasteiger partial charge is 0.337 e. The van der Waals surface area contributed by atoms with Crippen molar-refractivity contribution in [1.82, 2.24) is 0 Å². The van der Waals surface area contributed by atoms with E-state index < -0.39 is 0 Å². The van der Waals surface area contributed by atoms with Gasteiger partial charge in [0.1, 0.15) is 0 Å². The van der Waals surface area contributed by atoms with Crippen molar-refractivity contribution in [2.24, 2.45) is 0 Å². The summed E-state index contributed by atoms with van der Waals surface area (Å²) in [6.07, 6.45) is 0. The number of hydrogen-bond acceptors (Lipinski definition) is 3. The van der Waals surface area contributed by atoms with E-state index in [4.69, 9.17) is 16.3 Å². The van der Waals surface area contributed by atoms with E-state index in [1.807, 2.05) is 36.4 Å². The zero-order valence-corrected chi connectivity index (χ0v) is 13.9. The number of esters is 1. The van der Waals surface area contributed by atoms with Crippen LogP contribution in [-0.2, 0) is 10.5 Å². The molecule has 0 unspecified atom stereocenters. The SMILES string of the molecule is COC(=O)c1cccc(SCc2ccc(Cl)cc2Br)c1. The molecule has 0 saturated carbocycles. The third kappa shape index (κ3) is 4.01. The first-order valence-electron chi connectivity index (χ1n) is 5.85. The van der Waals surface area contributed by atoms with Crippen molar-refractivity contribution in [3.05, 3.63) is 63.1 Å². The monoisotopic (exact) mass is 370 g/mol. The first-order chi connectivity index (χ1) is 9.60. The van der Waals surface area contributed by atoms with Crippen LogP contribution in [0.2, 0.25) is 5.02 Å². The predicted octanol–water partition coefficient (Wildman–Crippen LogP) is 5.18. The second-order valence-corrected chi connectivity index (χ2v) is 6.38. The third-order valence-corrected chi connectivity index (χ3v) is 4.68. The molecule has 0 fully saturated rings. The van der Waals surface area contributed by atoms with Crippen LogP contribution in [0.3, 0.4) is 0 Å². The molecule has 104 valence electrons. The molecule has 2 nitrogen and oxygen atoms in total. The van der Waals surface area contributed by atoms with E-state index in [9.17, 15) is 4.79 Å². The largest absolute Gasteiger partial charge is 0.465 e. The van der Waals surface area contributed by atoms with E-state index in [1.165, 1.54) is 7.11 Å². The summed E-state index contributed by atoms with van der Waals surface area (Å²) >= 11 is 11.1. The fourth-order valence-corrected chi connectivity index (χ4v) is 3.60. The van der Waals surface area contributed by atoms with E-state index >= 15 is 0 Å². The van der Waals surface area contributed by atoms with Gasteiger partial charge in [-0.05, 0) is 35.9 Å². The number of carbonyl (C=O) groups is 1. The summed E-state index contributed by atoms with van der Waals surface area (Å²) < 4.78 is 5.70. The van der Waals surface area contributed by atoms with Gasteiger partial charge in [-0.2, -0.15) is 0 Å². The van der Waals surface area contributed by atoms with Gasteiger partial charge in [-0.3, -0.25) is 0 Å². The molecule has 0 bridgehead atoms. The number of carbonyl (C=O) groups excluding carboxylic acids is 1. The van der Waals surface area contributed by atoms with Crippen LogP contribution in [-0.4, -0.2) is 13.1 Å². The van der Waals surface area contributed by atoms with Crippen LogP contribution in [0.5, 0.6) is 0 Å². The van der Waals surface area contributed by atoms with Crippen LogP contribution in [0.25, 0.3) is 0 Å². The first-order valence-corrected chi connectivity index (χ1v) is 8.01. The molecule has 20 heavy (non-hydrogen) atoms.